The minimum Gasteiger partial charge on any atom is -0.268 e. The lowest BCUT2D eigenvalue weighted by molar-refractivity contribution is 0.811. The van der Waals surface area contributed by atoms with E-state index in [0.29, 0.717) is 21.1 Å². The first-order chi connectivity index (χ1) is 14.1. The van der Waals surface area contributed by atoms with E-state index in [1.165, 1.54) is 5.56 Å². The van der Waals surface area contributed by atoms with Gasteiger partial charge in [0.05, 0.1) is 16.6 Å². The second kappa shape index (κ2) is 8.85. The van der Waals surface area contributed by atoms with E-state index in [1.54, 1.807) is 34.5 Å². The molecule has 3 aromatic carbocycles. The summed E-state index contributed by atoms with van der Waals surface area (Å²) in [5.74, 6) is 0.874. The summed E-state index contributed by atoms with van der Waals surface area (Å²) in [6.45, 7) is 2.01. The second-order valence-corrected chi connectivity index (χ2v) is 8.42. The van der Waals surface area contributed by atoms with E-state index >= 15 is 0 Å². The third kappa shape index (κ3) is 4.39. The summed E-state index contributed by atoms with van der Waals surface area (Å²) in [6.07, 6.45) is 2.01. The van der Waals surface area contributed by atoms with Crippen molar-refractivity contribution in [2.24, 2.45) is 0 Å². The van der Waals surface area contributed by atoms with Gasteiger partial charge in [-0.25, -0.2) is 4.98 Å². The number of aromatic nitrogens is 2. The van der Waals surface area contributed by atoms with Gasteiger partial charge in [-0.2, -0.15) is 0 Å². The molecule has 0 unspecified atom stereocenters. The summed E-state index contributed by atoms with van der Waals surface area (Å²) in [4.78, 5) is 18.1. The number of para-hydroxylation sites is 1. The summed E-state index contributed by atoms with van der Waals surface area (Å²) in [6, 6.07) is 23.6. The van der Waals surface area contributed by atoms with Crippen molar-refractivity contribution in [2.75, 3.05) is 5.75 Å². The Bertz CT molecular complexity index is 1200. The first-order valence-electron chi connectivity index (χ1n) is 9.58. The average Bonchev–Trinajstić information content (AvgIpc) is 2.73. The lowest BCUT2D eigenvalue weighted by Gasteiger charge is -2.15. The smallest absolute Gasteiger partial charge is 0.266 e. The molecule has 0 atom stereocenters. The van der Waals surface area contributed by atoms with Gasteiger partial charge < -0.3 is 0 Å². The fourth-order valence-corrected chi connectivity index (χ4v) is 4.46. The van der Waals surface area contributed by atoms with Crippen LogP contribution in [0.5, 0.6) is 0 Å². The van der Waals surface area contributed by atoms with Crippen LogP contribution in [-0.4, -0.2) is 15.3 Å². The standard InChI is InChI=1S/C24H21ClN2OS/c1-17-8-5-6-12-22(17)27-23(28)20-14-13-19(25)16-21(20)26-24(27)29-15-7-11-18-9-3-2-4-10-18/h2-6,8-10,12-14,16H,7,11,15H2,1H3. The van der Waals surface area contributed by atoms with E-state index in [1.807, 2.05) is 37.3 Å². The molecule has 0 aliphatic carbocycles. The first kappa shape index (κ1) is 19.7. The molecule has 0 saturated carbocycles. The van der Waals surface area contributed by atoms with Crippen molar-refractivity contribution in [3.63, 3.8) is 0 Å². The lowest BCUT2D eigenvalue weighted by Crippen LogP contribution is -2.22. The number of thioether (sulfide) groups is 1. The molecule has 0 N–H and O–H groups in total. The van der Waals surface area contributed by atoms with Crippen LogP contribution < -0.4 is 5.56 Å². The van der Waals surface area contributed by atoms with Crippen molar-refractivity contribution >= 4 is 34.3 Å². The molecule has 0 bridgehead atoms. The van der Waals surface area contributed by atoms with Gasteiger partial charge in [0.2, 0.25) is 0 Å². The van der Waals surface area contributed by atoms with E-state index in [9.17, 15) is 4.79 Å². The predicted octanol–water partition coefficient (Wildman–Crippen LogP) is 6.07. The molecular weight excluding hydrogens is 400 g/mol. The van der Waals surface area contributed by atoms with Crippen LogP contribution in [0.2, 0.25) is 5.02 Å². The molecule has 146 valence electrons. The average molecular weight is 421 g/mol. The number of benzene rings is 3. The van der Waals surface area contributed by atoms with Gasteiger partial charge in [0.1, 0.15) is 0 Å². The van der Waals surface area contributed by atoms with Gasteiger partial charge in [0.25, 0.3) is 5.56 Å². The monoisotopic (exact) mass is 420 g/mol. The number of hydrogen-bond donors (Lipinski definition) is 0. The molecule has 0 fully saturated rings. The minimum absolute atomic E-state index is 0.0634. The van der Waals surface area contributed by atoms with Crippen LogP contribution in [0.3, 0.4) is 0 Å². The van der Waals surface area contributed by atoms with E-state index in [0.717, 1.165) is 29.8 Å². The molecule has 0 amide bonds. The third-order valence-corrected chi connectivity index (χ3v) is 6.10. The quantitative estimate of drug-likeness (QED) is 0.215. The number of fused-ring (bicyclic) bond motifs is 1. The van der Waals surface area contributed by atoms with Gasteiger partial charge in [0, 0.05) is 10.8 Å². The minimum atomic E-state index is -0.0634. The van der Waals surface area contributed by atoms with E-state index in [-0.39, 0.29) is 5.56 Å². The molecule has 29 heavy (non-hydrogen) atoms. The number of rotatable bonds is 6. The second-order valence-electron chi connectivity index (χ2n) is 6.92. The number of halogens is 1. The zero-order valence-corrected chi connectivity index (χ0v) is 17.7. The van der Waals surface area contributed by atoms with E-state index < -0.39 is 0 Å². The number of nitrogens with zero attached hydrogens (tertiary/aromatic N) is 2. The fraction of sp³-hybridized carbons (Fsp3) is 0.167. The fourth-order valence-electron chi connectivity index (χ4n) is 3.35. The molecular formula is C24H21ClN2OS. The Labute approximate surface area is 179 Å². The zero-order valence-electron chi connectivity index (χ0n) is 16.1. The Morgan fingerprint density at radius 2 is 1.76 bits per heavy atom. The van der Waals surface area contributed by atoms with Crippen molar-refractivity contribution in [1.29, 1.82) is 0 Å². The highest BCUT2D eigenvalue weighted by molar-refractivity contribution is 7.99. The van der Waals surface area contributed by atoms with Gasteiger partial charge in [-0.15, -0.1) is 0 Å². The Morgan fingerprint density at radius 1 is 1.00 bits per heavy atom. The van der Waals surface area contributed by atoms with Crippen LogP contribution in [0.25, 0.3) is 16.6 Å². The predicted molar refractivity (Wildman–Crippen MR) is 123 cm³/mol. The molecule has 0 aliphatic rings. The Balaban J connectivity index is 1.70. The van der Waals surface area contributed by atoms with Crippen molar-refractivity contribution in [3.05, 3.63) is 99.3 Å². The zero-order chi connectivity index (χ0) is 20.2. The molecule has 3 nitrogen and oxygen atoms in total. The SMILES string of the molecule is Cc1ccccc1-n1c(SCCCc2ccccc2)nc2cc(Cl)ccc2c1=O. The Kier molecular flexibility index (Phi) is 6.02. The topological polar surface area (TPSA) is 34.9 Å². The Hall–Kier alpha value is -2.56. The van der Waals surface area contributed by atoms with Crippen molar-refractivity contribution in [1.82, 2.24) is 9.55 Å². The highest BCUT2D eigenvalue weighted by Gasteiger charge is 2.15. The Morgan fingerprint density at radius 3 is 2.55 bits per heavy atom. The maximum atomic E-state index is 13.3. The molecule has 4 rings (SSSR count). The van der Waals surface area contributed by atoms with Crippen LogP contribution in [0.4, 0.5) is 0 Å². The summed E-state index contributed by atoms with van der Waals surface area (Å²) in [7, 11) is 0. The largest absolute Gasteiger partial charge is 0.268 e. The summed E-state index contributed by atoms with van der Waals surface area (Å²) < 4.78 is 1.73. The molecule has 1 aromatic heterocycles. The van der Waals surface area contributed by atoms with Gasteiger partial charge >= 0.3 is 0 Å². The summed E-state index contributed by atoms with van der Waals surface area (Å²) in [5.41, 5.74) is 3.80. The number of aryl methyl sites for hydroxylation is 2. The molecule has 4 aromatic rings. The van der Waals surface area contributed by atoms with E-state index in [4.69, 9.17) is 16.6 Å². The highest BCUT2D eigenvalue weighted by atomic mass is 35.5. The van der Waals surface area contributed by atoms with Crippen LogP contribution >= 0.6 is 23.4 Å². The number of hydrogen-bond acceptors (Lipinski definition) is 3. The molecule has 0 saturated heterocycles. The first-order valence-corrected chi connectivity index (χ1v) is 10.9. The molecule has 0 aliphatic heterocycles. The maximum Gasteiger partial charge on any atom is 0.266 e. The van der Waals surface area contributed by atoms with Crippen LogP contribution in [0.15, 0.2) is 82.7 Å². The molecule has 1 heterocycles. The van der Waals surface area contributed by atoms with Gasteiger partial charge in [0.15, 0.2) is 5.16 Å². The highest BCUT2D eigenvalue weighted by Crippen LogP contribution is 2.25. The lowest BCUT2D eigenvalue weighted by atomic mass is 10.1. The van der Waals surface area contributed by atoms with Crippen molar-refractivity contribution in [3.8, 4) is 5.69 Å². The van der Waals surface area contributed by atoms with Crippen molar-refractivity contribution in [2.45, 2.75) is 24.9 Å². The van der Waals surface area contributed by atoms with Crippen LogP contribution in [0.1, 0.15) is 17.5 Å². The molecule has 0 radical (unpaired) electrons. The summed E-state index contributed by atoms with van der Waals surface area (Å²) in [5, 5.41) is 1.86. The maximum absolute atomic E-state index is 13.3. The van der Waals surface area contributed by atoms with E-state index in [2.05, 4.69) is 24.3 Å². The van der Waals surface area contributed by atoms with Gasteiger partial charge in [-0.1, -0.05) is 71.9 Å². The van der Waals surface area contributed by atoms with Gasteiger partial charge in [-0.3, -0.25) is 9.36 Å². The summed E-state index contributed by atoms with van der Waals surface area (Å²) >= 11 is 7.76. The molecule has 0 spiro atoms. The normalized spacial score (nSPS) is 11.1. The van der Waals surface area contributed by atoms with Crippen molar-refractivity contribution < 1.29 is 0 Å². The molecule has 5 heteroatoms. The van der Waals surface area contributed by atoms with Gasteiger partial charge in [-0.05, 0) is 55.2 Å². The third-order valence-electron chi connectivity index (χ3n) is 4.84. The van der Waals surface area contributed by atoms with Crippen LogP contribution in [-0.2, 0) is 6.42 Å². The van der Waals surface area contributed by atoms with Crippen LogP contribution in [0, 0.1) is 6.92 Å².